The molecule has 0 spiro atoms. The van der Waals surface area contributed by atoms with Crippen molar-refractivity contribution in [2.45, 2.75) is 25.8 Å². The van der Waals surface area contributed by atoms with Crippen molar-refractivity contribution in [1.82, 2.24) is 23.8 Å². The predicted octanol–water partition coefficient (Wildman–Crippen LogP) is 0.223. The third kappa shape index (κ3) is 3.57. The average Bonchev–Trinajstić information content (AvgIpc) is 3.14. The van der Waals surface area contributed by atoms with Crippen molar-refractivity contribution >= 4 is 5.91 Å². The molecule has 2 aromatic heterocycles. The molecule has 0 aliphatic carbocycles. The molecule has 1 amide bonds. The van der Waals surface area contributed by atoms with Gasteiger partial charge in [0.1, 0.15) is 5.69 Å². The number of aryl methyl sites for hydroxylation is 1. The van der Waals surface area contributed by atoms with E-state index in [1.807, 2.05) is 16.9 Å². The van der Waals surface area contributed by atoms with Crippen LogP contribution in [-0.2, 0) is 20.6 Å². The number of carbonyl (C=O) groups is 1. The van der Waals surface area contributed by atoms with E-state index < -0.39 is 11.2 Å². The van der Waals surface area contributed by atoms with Crippen molar-refractivity contribution < 1.29 is 4.79 Å². The van der Waals surface area contributed by atoms with Crippen LogP contribution in [0.5, 0.6) is 0 Å². The van der Waals surface area contributed by atoms with Crippen LogP contribution in [0.1, 0.15) is 29.8 Å². The highest BCUT2D eigenvalue weighted by Crippen LogP contribution is 2.22. The Balaban J connectivity index is 1.62. The van der Waals surface area contributed by atoms with Crippen LogP contribution in [0.25, 0.3) is 0 Å². The van der Waals surface area contributed by atoms with Crippen molar-refractivity contribution in [1.29, 1.82) is 0 Å². The zero-order valence-electron chi connectivity index (χ0n) is 14.6. The number of rotatable bonds is 4. The summed E-state index contributed by atoms with van der Waals surface area (Å²) in [6.07, 6.45) is 6.61. The molecule has 0 bridgehead atoms. The summed E-state index contributed by atoms with van der Waals surface area (Å²) in [5.41, 5.74) is -0.784. The van der Waals surface area contributed by atoms with Crippen molar-refractivity contribution in [2.75, 3.05) is 13.1 Å². The molecule has 1 saturated heterocycles. The Morgan fingerprint density at radius 1 is 1.20 bits per heavy atom. The third-order valence-corrected chi connectivity index (χ3v) is 4.97. The summed E-state index contributed by atoms with van der Waals surface area (Å²) in [5.74, 6) is 0.309. The van der Waals surface area contributed by atoms with Gasteiger partial charge in [-0.15, -0.1) is 0 Å². The Bertz CT molecular complexity index is 857. The van der Waals surface area contributed by atoms with Crippen LogP contribution in [0.4, 0.5) is 0 Å². The lowest BCUT2D eigenvalue weighted by atomic mass is 9.93. The summed E-state index contributed by atoms with van der Waals surface area (Å²) in [4.78, 5) is 38.2. The van der Waals surface area contributed by atoms with Crippen molar-refractivity contribution in [3.8, 4) is 0 Å². The molecule has 134 valence electrons. The summed E-state index contributed by atoms with van der Waals surface area (Å²) in [5, 5.41) is 4.20. The summed E-state index contributed by atoms with van der Waals surface area (Å²) >= 11 is 0. The first-order chi connectivity index (χ1) is 12.0. The van der Waals surface area contributed by atoms with Gasteiger partial charge in [-0.3, -0.25) is 23.4 Å². The quantitative estimate of drug-likeness (QED) is 0.794. The van der Waals surface area contributed by atoms with E-state index in [-0.39, 0.29) is 11.6 Å². The van der Waals surface area contributed by atoms with E-state index in [2.05, 4.69) is 5.10 Å². The minimum Gasteiger partial charge on any atom is -0.337 e. The van der Waals surface area contributed by atoms with Gasteiger partial charge in [-0.2, -0.15) is 5.10 Å². The summed E-state index contributed by atoms with van der Waals surface area (Å²) < 4.78 is 4.17. The van der Waals surface area contributed by atoms with Gasteiger partial charge in [0.25, 0.3) is 11.5 Å². The van der Waals surface area contributed by atoms with Crippen LogP contribution in [0.2, 0.25) is 0 Å². The molecular formula is C17H23N5O3. The number of carbonyl (C=O) groups excluding carboxylic acids is 1. The molecular weight excluding hydrogens is 322 g/mol. The van der Waals surface area contributed by atoms with E-state index in [1.165, 1.54) is 24.7 Å². The predicted molar refractivity (Wildman–Crippen MR) is 92.4 cm³/mol. The van der Waals surface area contributed by atoms with Gasteiger partial charge >= 0.3 is 5.69 Å². The Hall–Kier alpha value is -2.64. The van der Waals surface area contributed by atoms with Crippen molar-refractivity contribution in [2.24, 2.45) is 20.0 Å². The van der Waals surface area contributed by atoms with E-state index in [9.17, 15) is 14.4 Å². The molecule has 3 heterocycles. The van der Waals surface area contributed by atoms with Crippen LogP contribution >= 0.6 is 0 Å². The molecule has 0 N–H and O–H groups in total. The maximum absolute atomic E-state index is 12.7. The van der Waals surface area contributed by atoms with Gasteiger partial charge in [-0.05, 0) is 31.2 Å². The summed E-state index contributed by atoms with van der Waals surface area (Å²) in [6.45, 7) is 2.17. The van der Waals surface area contributed by atoms with E-state index >= 15 is 0 Å². The molecule has 0 unspecified atom stereocenters. The van der Waals surface area contributed by atoms with E-state index in [4.69, 9.17) is 0 Å². The van der Waals surface area contributed by atoms with Gasteiger partial charge in [-0.25, -0.2) is 4.79 Å². The molecule has 0 radical (unpaired) electrons. The molecule has 0 atom stereocenters. The number of amides is 1. The Labute approximate surface area is 145 Å². The minimum absolute atomic E-state index is 0.156. The van der Waals surface area contributed by atoms with E-state index in [0.29, 0.717) is 19.0 Å². The Morgan fingerprint density at radius 3 is 2.56 bits per heavy atom. The molecule has 1 fully saturated rings. The maximum atomic E-state index is 12.7. The monoisotopic (exact) mass is 345 g/mol. The van der Waals surface area contributed by atoms with Crippen LogP contribution in [0, 0.1) is 5.92 Å². The van der Waals surface area contributed by atoms with E-state index in [1.54, 1.807) is 11.1 Å². The second kappa shape index (κ2) is 7.08. The highest BCUT2D eigenvalue weighted by atomic mass is 16.2. The molecule has 2 aromatic rings. The number of nitrogens with zero attached hydrogens (tertiary/aromatic N) is 5. The maximum Gasteiger partial charge on any atom is 0.331 e. The first-order valence-corrected chi connectivity index (χ1v) is 8.51. The number of piperidine rings is 1. The molecule has 8 nitrogen and oxygen atoms in total. The smallest absolute Gasteiger partial charge is 0.331 e. The third-order valence-electron chi connectivity index (χ3n) is 4.97. The fourth-order valence-electron chi connectivity index (χ4n) is 3.27. The summed E-state index contributed by atoms with van der Waals surface area (Å²) in [6, 6.07) is 3.16. The fraction of sp³-hybridized carbons (Fsp3) is 0.529. The Kier molecular flexibility index (Phi) is 4.87. The van der Waals surface area contributed by atoms with Gasteiger partial charge in [-0.1, -0.05) is 0 Å². The second-order valence-corrected chi connectivity index (χ2v) is 6.56. The van der Waals surface area contributed by atoms with Crippen LogP contribution in [0.3, 0.4) is 0 Å². The standard InChI is InChI=1S/C17H23N5O3/c1-19-14(12-15(23)20(2)17(19)25)16(24)21-9-4-13(5-10-21)6-11-22-8-3-7-18-22/h3,7-8,12-13H,4-6,9-11H2,1-2H3. The lowest BCUT2D eigenvalue weighted by molar-refractivity contribution is 0.0672. The molecule has 3 rings (SSSR count). The van der Waals surface area contributed by atoms with E-state index in [0.717, 1.165) is 30.4 Å². The van der Waals surface area contributed by atoms with Gasteiger partial charge in [0.15, 0.2) is 0 Å². The fourth-order valence-corrected chi connectivity index (χ4v) is 3.27. The molecule has 0 aromatic carbocycles. The highest BCUT2D eigenvalue weighted by Gasteiger charge is 2.25. The number of likely N-dealkylation sites (tertiary alicyclic amines) is 1. The lowest BCUT2D eigenvalue weighted by Gasteiger charge is -2.32. The number of aromatic nitrogens is 4. The zero-order valence-corrected chi connectivity index (χ0v) is 14.6. The van der Waals surface area contributed by atoms with Crippen molar-refractivity contribution in [3.63, 3.8) is 0 Å². The summed E-state index contributed by atoms with van der Waals surface area (Å²) in [7, 11) is 2.93. The SMILES string of the molecule is Cn1c(C(=O)N2CCC(CCn3cccn3)CC2)cc(=O)n(C)c1=O. The highest BCUT2D eigenvalue weighted by molar-refractivity contribution is 5.92. The number of hydrogen-bond donors (Lipinski definition) is 0. The van der Waals surface area contributed by atoms with Gasteiger partial charge < -0.3 is 4.90 Å². The first kappa shape index (κ1) is 17.2. The topological polar surface area (TPSA) is 82.1 Å². The minimum atomic E-state index is -0.482. The molecule has 1 aliphatic heterocycles. The lowest BCUT2D eigenvalue weighted by Crippen LogP contribution is -2.44. The largest absolute Gasteiger partial charge is 0.337 e. The van der Waals surface area contributed by atoms with Crippen LogP contribution < -0.4 is 11.2 Å². The second-order valence-electron chi connectivity index (χ2n) is 6.56. The van der Waals surface area contributed by atoms with Crippen LogP contribution in [0.15, 0.2) is 34.1 Å². The molecule has 8 heteroatoms. The Morgan fingerprint density at radius 2 is 1.92 bits per heavy atom. The molecule has 0 saturated carbocycles. The van der Waals surface area contributed by atoms with Gasteiger partial charge in [0, 0.05) is 52.2 Å². The van der Waals surface area contributed by atoms with Gasteiger partial charge in [0.05, 0.1) is 0 Å². The number of hydrogen-bond acceptors (Lipinski definition) is 4. The zero-order chi connectivity index (χ0) is 18.0. The average molecular weight is 345 g/mol. The first-order valence-electron chi connectivity index (χ1n) is 8.51. The molecule has 25 heavy (non-hydrogen) atoms. The molecule has 1 aliphatic rings. The van der Waals surface area contributed by atoms with Gasteiger partial charge in [0.2, 0.25) is 0 Å². The van der Waals surface area contributed by atoms with Crippen LogP contribution in [-0.4, -0.2) is 42.8 Å². The normalized spacial score (nSPS) is 15.5. The van der Waals surface area contributed by atoms with Crippen molar-refractivity contribution in [3.05, 3.63) is 51.1 Å².